The summed E-state index contributed by atoms with van der Waals surface area (Å²) in [6.45, 7) is 3.84. The Kier molecular flexibility index (Phi) is 4.83. The van der Waals surface area contributed by atoms with Crippen molar-refractivity contribution in [3.63, 3.8) is 0 Å². The van der Waals surface area contributed by atoms with Crippen LogP contribution in [-0.4, -0.2) is 43.1 Å². The standard InChI is InChI=1S/C24H25N5O/c1-17-9-19(15-29(17)24(30)10-18-5-3-2-4-6-18)14-28-16-25-22-11-20(7-8-23(22)28)21-12-26-27-13-21/h2-8,11-13,16-17,19H,9-10,14-15H2,1H3,(H,26,27)/t17-,19+/m0/s1. The number of carbonyl (C=O) groups is 1. The van der Waals surface area contributed by atoms with Crippen molar-refractivity contribution in [1.82, 2.24) is 24.6 Å². The fourth-order valence-corrected chi connectivity index (χ4v) is 4.57. The molecule has 1 amide bonds. The number of aromatic nitrogens is 4. The van der Waals surface area contributed by atoms with E-state index < -0.39 is 0 Å². The van der Waals surface area contributed by atoms with Crippen LogP contribution >= 0.6 is 0 Å². The lowest BCUT2D eigenvalue weighted by atomic mass is 10.1. The summed E-state index contributed by atoms with van der Waals surface area (Å²) in [6, 6.07) is 16.6. The van der Waals surface area contributed by atoms with Crippen LogP contribution in [0.2, 0.25) is 0 Å². The molecule has 0 unspecified atom stereocenters. The molecule has 1 N–H and O–H groups in total. The molecular weight excluding hydrogens is 374 g/mol. The van der Waals surface area contributed by atoms with E-state index in [4.69, 9.17) is 0 Å². The van der Waals surface area contributed by atoms with Gasteiger partial charge in [0.2, 0.25) is 5.91 Å². The Morgan fingerprint density at radius 1 is 1.17 bits per heavy atom. The first-order valence-corrected chi connectivity index (χ1v) is 10.4. The predicted molar refractivity (Wildman–Crippen MR) is 117 cm³/mol. The predicted octanol–water partition coefficient (Wildman–Crippen LogP) is 3.91. The fraction of sp³-hybridized carbons (Fsp3) is 0.292. The largest absolute Gasteiger partial charge is 0.339 e. The summed E-state index contributed by atoms with van der Waals surface area (Å²) in [5.41, 5.74) is 5.35. The van der Waals surface area contributed by atoms with E-state index in [1.54, 1.807) is 0 Å². The summed E-state index contributed by atoms with van der Waals surface area (Å²) in [5.74, 6) is 0.655. The second-order valence-corrected chi connectivity index (χ2v) is 8.25. The minimum atomic E-state index is 0.219. The van der Waals surface area contributed by atoms with Gasteiger partial charge in [-0.05, 0) is 42.5 Å². The van der Waals surface area contributed by atoms with Gasteiger partial charge in [0, 0.05) is 30.9 Å². The lowest BCUT2D eigenvalue weighted by Crippen LogP contribution is -2.35. The third kappa shape index (κ3) is 3.61. The zero-order valence-corrected chi connectivity index (χ0v) is 17.0. The number of benzene rings is 2. The first-order chi connectivity index (χ1) is 14.7. The molecule has 1 fully saturated rings. The summed E-state index contributed by atoms with van der Waals surface area (Å²) in [4.78, 5) is 19.5. The molecule has 4 aromatic rings. The second kappa shape index (κ2) is 7.78. The van der Waals surface area contributed by atoms with Gasteiger partial charge in [-0.2, -0.15) is 5.10 Å². The van der Waals surface area contributed by atoms with Crippen LogP contribution in [0.3, 0.4) is 0 Å². The highest BCUT2D eigenvalue weighted by Crippen LogP contribution is 2.28. The van der Waals surface area contributed by atoms with E-state index in [1.807, 2.05) is 54.0 Å². The summed E-state index contributed by atoms with van der Waals surface area (Å²) < 4.78 is 2.22. The van der Waals surface area contributed by atoms with Crippen LogP contribution in [0.15, 0.2) is 67.3 Å². The van der Waals surface area contributed by atoms with Gasteiger partial charge in [-0.3, -0.25) is 9.89 Å². The van der Waals surface area contributed by atoms with Crippen molar-refractivity contribution in [3.8, 4) is 11.1 Å². The molecule has 1 aliphatic rings. The second-order valence-electron chi connectivity index (χ2n) is 8.25. The molecule has 0 bridgehead atoms. The zero-order valence-electron chi connectivity index (χ0n) is 17.0. The number of amides is 1. The maximum absolute atomic E-state index is 12.8. The number of nitrogens with zero attached hydrogens (tertiary/aromatic N) is 4. The van der Waals surface area contributed by atoms with E-state index >= 15 is 0 Å². The van der Waals surface area contributed by atoms with E-state index in [0.29, 0.717) is 12.3 Å². The van der Waals surface area contributed by atoms with Crippen molar-refractivity contribution >= 4 is 16.9 Å². The van der Waals surface area contributed by atoms with Gasteiger partial charge in [-0.1, -0.05) is 36.4 Å². The number of rotatable bonds is 5. The highest BCUT2D eigenvalue weighted by molar-refractivity contribution is 5.82. The quantitative estimate of drug-likeness (QED) is 0.553. The van der Waals surface area contributed by atoms with Gasteiger partial charge in [0.15, 0.2) is 0 Å². The van der Waals surface area contributed by atoms with E-state index in [2.05, 4.69) is 44.9 Å². The van der Waals surface area contributed by atoms with Gasteiger partial charge in [0.05, 0.1) is 30.0 Å². The first kappa shape index (κ1) is 18.6. The lowest BCUT2D eigenvalue weighted by molar-refractivity contribution is -0.131. The van der Waals surface area contributed by atoms with E-state index in [-0.39, 0.29) is 11.9 Å². The van der Waals surface area contributed by atoms with Crippen LogP contribution in [0.25, 0.3) is 22.2 Å². The van der Waals surface area contributed by atoms with Gasteiger partial charge < -0.3 is 9.47 Å². The minimum Gasteiger partial charge on any atom is -0.339 e. The Balaban J connectivity index is 1.28. The maximum Gasteiger partial charge on any atom is 0.227 e. The molecule has 0 radical (unpaired) electrons. The number of likely N-dealkylation sites (tertiary alicyclic amines) is 1. The van der Waals surface area contributed by atoms with E-state index in [9.17, 15) is 4.79 Å². The average Bonchev–Trinajstić information content (AvgIpc) is 3.49. The SMILES string of the molecule is C[C@H]1C[C@H](Cn2cnc3cc(-c4cn[nH]c4)ccc32)CN1C(=O)Cc1ccccc1. The summed E-state index contributed by atoms with van der Waals surface area (Å²) in [7, 11) is 0. The normalized spacial score (nSPS) is 18.9. The van der Waals surface area contributed by atoms with Crippen LogP contribution < -0.4 is 0 Å². The Labute approximate surface area is 175 Å². The van der Waals surface area contributed by atoms with Crippen LogP contribution in [0.4, 0.5) is 0 Å². The van der Waals surface area contributed by atoms with Crippen LogP contribution in [0.1, 0.15) is 18.9 Å². The van der Waals surface area contributed by atoms with Crippen LogP contribution in [-0.2, 0) is 17.8 Å². The number of nitrogens with one attached hydrogen (secondary N) is 1. The van der Waals surface area contributed by atoms with Crippen molar-refractivity contribution in [2.45, 2.75) is 32.4 Å². The van der Waals surface area contributed by atoms with Gasteiger partial charge in [-0.15, -0.1) is 0 Å². The van der Waals surface area contributed by atoms with Crippen molar-refractivity contribution in [1.29, 1.82) is 0 Å². The average molecular weight is 399 g/mol. The monoisotopic (exact) mass is 399 g/mol. The Bertz CT molecular complexity index is 1150. The van der Waals surface area contributed by atoms with Gasteiger partial charge >= 0.3 is 0 Å². The Morgan fingerprint density at radius 3 is 2.83 bits per heavy atom. The van der Waals surface area contributed by atoms with Crippen LogP contribution in [0, 0.1) is 5.92 Å². The molecule has 30 heavy (non-hydrogen) atoms. The molecular formula is C24H25N5O. The minimum absolute atomic E-state index is 0.219. The topological polar surface area (TPSA) is 66.8 Å². The molecule has 2 aromatic heterocycles. The number of carbonyl (C=O) groups excluding carboxylic acids is 1. The molecule has 1 saturated heterocycles. The number of fused-ring (bicyclic) bond motifs is 1. The molecule has 0 aliphatic carbocycles. The fourth-order valence-electron chi connectivity index (χ4n) is 4.57. The Hall–Kier alpha value is -3.41. The molecule has 6 nitrogen and oxygen atoms in total. The van der Waals surface area contributed by atoms with Crippen molar-refractivity contribution in [2.75, 3.05) is 6.54 Å². The number of hydrogen-bond donors (Lipinski definition) is 1. The third-order valence-electron chi connectivity index (χ3n) is 6.09. The number of imidazole rings is 1. The Morgan fingerprint density at radius 2 is 2.03 bits per heavy atom. The molecule has 0 spiro atoms. The molecule has 5 rings (SSSR count). The molecule has 3 heterocycles. The van der Waals surface area contributed by atoms with Gasteiger partial charge in [-0.25, -0.2) is 4.98 Å². The summed E-state index contributed by atoms with van der Waals surface area (Å²) in [6.07, 6.45) is 7.12. The number of aromatic amines is 1. The van der Waals surface area contributed by atoms with Crippen molar-refractivity contribution in [3.05, 3.63) is 72.8 Å². The van der Waals surface area contributed by atoms with Crippen LogP contribution in [0.5, 0.6) is 0 Å². The molecule has 1 aliphatic heterocycles. The first-order valence-electron chi connectivity index (χ1n) is 10.4. The highest BCUT2D eigenvalue weighted by Gasteiger charge is 2.32. The number of hydrogen-bond acceptors (Lipinski definition) is 3. The molecule has 0 saturated carbocycles. The smallest absolute Gasteiger partial charge is 0.227 e. The molecule has 6 heteroatoms. The van der Waals surface area contributed by atoms with Gasteiger partial charge in [0.25, 0.3) is 0 Å². The highest BCUT2D eigenvalue weighted by atomic mass is 16.2. The molecule has 152 valence electrons. The van der Waals surface area contributed by atoms with E-state index in [1.165, 1.54) is 0 Å². The maximum atomic E-state index is 12.8. The lowest BCUT2D eigenvalue weighted by Gasteiger charge is -2.21. The third-order valence-corrected chi connectivity index (χ3v) is 6.09. The summed E-state index contributed by atoms with van der Waals surface area (Å²) >= 11 is 0. The van der Waals surface area contributed by atoms with Gasteiger partial charge in [0.1, 0.15) is 0 Å². The summed E-state index contributed by atoms with van der Waals surface area (Å²) in [5, 5.41) is 6.88. The van der Waals surface area contributed by atoms with Crippen molar-refractivity contribution < 1.29 is 4.79 Å². The van der Waals surface area contributed by atoms with Crippen molar-refractivity contribution in [2.24, 2.45) is 5.92 Å². The van der Waals surface area contributed by atoms with E-state index in [0.717, 1.165) is 47.2 Å². The molecule has 2 aromatic carbocycles. The molecule has 2 atom stereocenters. The number of H-pyrrole nitrogens is 1. The zero-order chi connectivity index (χ0) is 20.5.